The number of benzene rings is 3. The van der Waals surface area contributed by atoms with Crippen molar-refractivity contribution in [3.05, 3.63) is 102 Å². The second kappa shape index (κ2) is 8.75. The van der Waals surface area contributed by atoms with Gasteiger partial charge in [-0.25, -0.2) is 4.98 Å². The van der Waals surface area contributed by atoms with Crippen molar-refractivity contribution in [2.24, 2.45) is 0 Å². The highest BCUT2D eigenvalue weighted by Gasteiger charge is 2.04. The van der Waals surface area contributed by atoms with E-state index in [0.717, 1.165) is 40.8 Å². The van der Waals surface area contributed by atoms with E-state index in [1.165, 1.54) is 11.1 Å². The molecule has 2 heterocycles. The van der Waals surface area contributed by atoms with Gasteiger partial charge in [-0.15, -0.1) is 10.2 Å². The molecule has 152 valence electrons. The first-order valence-corrected chi connectivity index (χ1v) is 10.2. The number of fused-ring (bicyclic) bond motifs is 1. The molecule has 0 aliphatic rings. The third kappa shape index (κ3) is 4.59. The fourth-order valence-electron chi connectivity index (χ4n) is 3.53. The lowest BCUT2D eigenvalue weighted by Gasteiger charge is -2.09. The van der Waals surface area contributed by atoms with E-state index in [4.69, 9.17) is 4.74 Å². The van der Waals surface area contributed by atoms with Crippen molar-refractivity contribution in [2.45, 2.75) is 19.4 Å². The highest BCUT2D eigenvalue weighted by atomic mass is 16.5. The van der Waals surface area contributed by atoms with Gasteiger partial charge in [-0.2, -0.15) is 5.21 Å². The third-order valence-corrected chi connectivity index (χ3v) is 5.20. The number of ether oxygens (including phenoxy) is 1. The zero-order valence-corrected chi connectivity index (χ0v) is 16.9. The molecule has 0 saturated heterocycles. The minimum atomic E-state index is 0.450. The highest BCUT2D eigenvalue weighted by molar-refractivity contribution is 5.78. The van der Waals surface area contributed by atoms with E-state index in [1.54, 1.807) is 0 Å². The molecule has 31 heavy (non-hydrogen) atoms. The number of aryl methyl sites for hydroxylation is 2. The Hall–Kier alpha value is -4.06. The molecule has 6 nitrogen and oxygen atoms in total. The summed E-state index contributed by atoms with van der Waals surface area (Å²) in [5.74, 6) is 1.47. The molecule has 2 aromatic heterocycles. The van der Waals surface area contributed by atoms with Crippen molar-refractivity contribution in [1.29, 1.82) is 0 Å². The van der Waals surface area contributed by atoms with Gasteiger partial charge in [0, 0.05) is 10.9 Å². The Kier molecular flexibility index (Phi) is 5.35. The number of para-hydroxylation sites is 1. The summed E-state index contributed by atoms with van der Waals surface area (Å²) in [4.78, 5) is 4.67. The molecule has 0 bridgehead atoms. The molecule has 5 aromatic rings. The molecule has 3 aromatic carbocycles. The molecule has 0 aliphatic carbocycles. The Balaban J connectivity index is 1.19. The quantitative estimate of drug-likeness (QED) is 0.420. The molecule has 0 amide bonds. The van der Waals surface area contributed by atoms with Crippen LogP contribution in [-0.4, -0.2) is 25.6 Å². The number of rotatable bonds is 7. The van der Waals surface area contributed by atoms with Crippen molar-refractivity contribution in [3.8, 4) is 17.1 Å². The number of aromatic nitrogens is 5. The SMILES string of the molecule is c1cc(CCc2ccc(-c3nn[nH]n3)cc2)cc(OCc2ccc3ccccc3n2)c1. The lowest BCUT2D eigenvalue weighted by molar-refractivity contribution is 0.301. The third-order valence-electron chi connectivity index (χ3n) is 5.20. The second-order valence-electron chi connectivity index (χ2n) is 7.36. The minimum absolute atomic E-state index is 0.450. The van der Waals surface area contributed by atoms with Gasteiger partial charge in [-0.1, -0.05) is 60.7 Å². The number of hydrogen-bond donors (Lipinski definition) is 1. The summed E-state index contributed by atoms with van der Waals surface area (Å²) in [5.41, 5.74) is 5.37. The molecule has 0 unspecified atom stereocenters. The zero-order chi connectivity index (χ0) is 20.9. The predicted molar refractivity (Wildman–Crippen MR) is 120 cm³/mol. The standard InChI is InChI=1S/C25H21N5O/c1-2-7-24-20(5-1)14-15-22(26-24)17-31-23-6-3-4-19(16-23)9-8-18-10-12-21(13-11-18)25-27-29-30-28-25/h1-7,10-16H,8-9,17H2,(H,27,28,29,30). The fraction of sp³-hybridized carbons (Fsp3) is 0.120. The second-order valence-corrected chi connectivity index (χ2v) is 7.36. The van der Waals surface area contributed by atoms with Crippen molar-refractivity contribution >= 4 is 10.9 Å². The zero-order valence-electron chi connectivity index (χ0n) is 16.9. The predicted octanol–water partition coefficient (Wildman–Crippen LogP) is 4.78. The van der Waals surface area contributed by atoms with Gasteiger partial charge in [0.15, 0.2) is 0 Å². The fourth-order valence-corrected chi connectivity index (χ4v) is 3.53. The summed E-state index contributed by atoms with van der Waals surface area (Å²) in [5, 5.41) is 15.2. The van der Waals surface area contributed by atoms with Gasteiger partial charge in [0.05, 0.1) is 11.2 Å². The van der Waals surface area contributed by atoms with E-state index < -0.39 is 0 Å². The molecule has 1 N–H and O–H groups in total. The van der Waals surface area contributed by atoms with Crippen LogP contribution in [0.2, 0.25) is 0 Å². The average molecular weight is 407 g/mol. The van der Waals surface area contributed by atoms with Crippen LogP contribution in [0.4, 0.5) is 0 Å². The minimum Gasteiger partial charge on any atom is -0.487 e. The Labute approximate surface area is 179 Å². The number of aromatic amines is 1. The molecule has 0 atom stereocenters. The van der Waals surface area contributed by atoms with E-state index in [0.29, 0.717) is 12.4 Å². The van der Waals surface area contributed by atoms with Crippen LogP contribution >= 0.6 is 0 Å². The van der Waals surface area contributed by atoms with E-state index in [9.17, 15) is 0 Å². The van der Waals surface area contributed by atoms with Crippen LogP contribution in [0.15, 0.2) is 84.9 Å². The number of hydrogen-bond acceptors (Lipinski definition) is 5. The van der Waals surface area contributed by atoms with E-state index in [1.807, 2.05) is 48.5 Å². The van der Waals surface area contributed by atoms with Gasteiger partial charge in [-0.3, -0.25) is 0 Å². The number of nitrogens with zero attached hydrogens (tertiary/aromatic N) is 4. The summed E-state index contributed by atoms with van der Waals surface area (Å²) in [6, 6.07) is 28.7. The summed E-state index contributed by atoms with van der Waals surface area (Å²) in [7, 11) is 0. The van der Waals surface area contributed by atoms with Crippen LogP contribution in [0, 0.1) is 0 Å². The smallest absolute Gasteiger partial charge is 0.204 e. The highest BCUT2D eigenvalue weighted by Crippen LogP contribution is 2.19. The number of H-pyrrole nitrogens is 1. The lowest BCUT2D eigenvalue weighted by Crippen LogP contribution is -1.99. The van der Waals surface area contributed by atoms with Crippen LogP contribution in [0.1, 0.15) is 16.8 Å². The Morgan fingerprint density at radius 1 is 0.774 bits per heavy atom. The molecular weight excluding hydrogens is 386 g/mol. The summed E-state index contributed by atoms with van der Waals surface area (Å²) < 4.78 is 6.01. The van der Waals surface area contributed by atoms with Crippen LogP contribution < -0.4 is 4.74 Å². The van der Waals surface area contributed by atoms with Crippen LogP contribution in [0.25, 0.3) is 22.3 Å². The lowest BCUT2D eigenvalue weighted by atomic mass is 10.0. The van der Waals surface area contributed by atoms with Crippen molar-refractivity contribution in [1.82, 2.24) is 25.6 Å². The summed E-state index contributed by atoms with van der Waals surface area (Å²) >= 11 is 0. The van der Waals surface area contributed by atoms with E-state index in [-0.39, 0.29) is 0 Å². The molecule has 0 radical (unpaired) electrons. The topological polar surface area (TPSA) is 76.6 Å². The van der Waals surface area contributed by atoms with Gasteiger partial charge >= 0.3 is 0 Å². The number of tetrazole rings is 1. The van der Waals surface area contributed by atoms with Gasteiger partial charge in [0.1, 0.15) is 12.4 Å². The van der Waals surface area contributed by atoms with Gasteiger partial charge in [0.25, 0.3) is 0 Å². The number of nitrogens with one attached hydrogen (secondary N) is 1. The normalized spacial score (nSPS) is 11.0. The maximum Gasteiger partial charge on any atom is 0.204 e. The average Bonchev–Trinajstić information content (AvgIpc) is 3.37. The van der Waals surface area contributed by atoms with E-state index in [2.05, 4.69) is 62.0 Å². The van der Waals surface area contributed by atoms with Crippen LogP contribution in [0.5, 0.6) is 5.75 Å². The number of pyridine rings is 1. The first kappa shape index (κ1) is 18.9. The van der Waals surface area contributed by atoms with Crippen molar-refractivity contribution in [2.75, 3.05) is 0 Å². The maximum absolute atomic E-state index is 6.01. The first-order valence-electron chi connectivity index (χ1n) is 10.2. The van der Waals surface area contributed by atoms with Gasteiger partial charge in [-0.05, 0) is 53.4 Å². The molecule has 0 spiro atoms. The van der Waals surface area contributed by atoms with Crippen molar-refractivity contribution < 1.29 is 4.74 Å². The van der Waals surface area contributed by atoms with Gasteiger partial charge < -0.3 is 4.74 Å². The molecule has 0 fully saturated rings. The van der Waals surface area contributed by atoms with Crippen LogP contribution in [-0.2, 0) is 19.4 Å². The summed E-state index contributed by atoms with van der Waals surface area (Å²) in [6.45, 7) is 0.450. The monoisotopic (exact) mass is 407 g/mol. The van der Waals surface area contributed by atoms with Gasteiger partial charge in [0.2, 0.25) is 5.82 Å². The summed E-state index contributed by atoms with van der Waals surface area (Å²) in [6.07, 6.45) is 1.88. The largest absolute Gasteiger partial charge is 0.487 e. The first-order chi connectivity index (χ1) is 15.3. The molecule has 0 aliphatic heterocycles. The molecule has 0 saturated carbocycles. The molecule has 5 rings (SSSR count). The van der Waals surface area contributed by atoms with E-state index >= 15 is 0 Å². The Morgan fingerprint density at radius 3 is 2.52 bits per heavy atom. The van der Waals surface area contributed by atoms with Crippen molar-refractivity contribution in [3.63, 3.8) is 0 Å². The molecular formula is C25H21N5O. The maximum atomic E-state index is 6.01. The molecule has 6 heteroatoms. The Bertz CT molecular complexity index is 1280. The Morgan fingerprint density at radius 2 is 1.65 bits per heavy atom. The van der Waals surface area contributed by atoms with Crippen LogP contribution in [0.3, 0.4) is 0 Å².